The summed E-state index contributed by atoms with van der Waals surface area (Å²) < 4.78 is 31.4. The zero-order chi connectivity index (χ0) is 14.6. The molecule has 0 amide bonds. The second-order valence-corrected chi connectivity index (χ2v) is 6.97. The Kier molecular flexibility index (Phi) is 4.76. The molecule has 2 rings (SSSR count). The number of nitrogens with zero attached hydrogens (tertiary/aromatic N) is 2. The van der Waals surface area contributed by atoms with Gasteiger partial charge in [0.1, 0.15) is 6.07 Å². The van der Waals surface area contributed by atoms with E-state index in [2.05, 4.69) is 0 Å². The Labute approximate surface area is 119 Å². The van der Waals surface area contributed by atoms with E-state index in [1.54, 1.807) is 12.1 Å². The molecule has 0 bridgehead atoms. The van der Waals surface area contributed by atoms with E-state index < -0.39 is 10.0 Å². The fraction of sp³-hybridized carbons (Fsp3) is 0.500. The lowest BCUT2D eigenvalue weighted by atomic mass is 10.2. The Balaban J connectivity index is 1.99. The molecule has 0 saturated heterocycles. The van der Waals surface area contributed by atoms with E-state index in [9.17, 15) is 8.42 Å². The smallest absolute Gasteiger partial charge is 0.244 e. The highest BCUT2D eigenvalue weighted by atomic mass is 32.2. The summed E-state index contributed by atoms with van der Waals surface area (Å²) >= 11 is 0. The molecule has 20 heavy (non-hydrogen) atoms. The minimum absolute atomic E-state index is 0.0483. The van der Waals surface area contributed by atoms with E-state index in [0.29, 0.717) is 19.1 Å². The average molecular weight is 294 g/mol. The number of hydrogen-bond donors (Lipinski definition) is 0. The molecule has 1 aliphatic carbocycles. The maximum atomic E-state index is 12.4. The molecule has 0 aromatic heterocycles. The molecule has 0 heterocycles. The van der Waals surface area contributed by atoms with Crippen LogP contribution in [0, 0.1) is 17.2 Å². The van der Waals surface area contributed by atoms with Crippen LogP contribution in [0.2, 0.25) is 0 Å². The highest BCUT2D eigenvalue weighted by Crippen LogP contribution is 2.28. The number of likely N-dealkylation sites (N-methyl/N-ethyl adjacent to an activating group) is 1. The van der Waals surface area contributed by atoms with Gasteiger partial charge in [-0.3, -0.25) is 0 Å². The monoisotopic (exact) mass is 294 g/mol. The van der Waals surface area contributed by atoms with Gasteiger partial charge in [0.2, 0.25) is 10.0 Å². The van der Waals surface area contributed by atoms with Gasteiger partial charge < -0.3 is 4.74 Å². The van der Waals surface area contributed by atoms with E-state index in [0.717, 1.165) is 0 Å². The van der Waals surface area contributed by atoms with Crippen molar-refractivity contribution in [2.75, 3.05) is 26.8 Å². The summed E-state index contributed by atoms with van der Waals surface area (Å²) in [7, 11) is -2.13. The van der Waals surface area contributed by atoms with Gasteiger partial charge >= 0.3 is 0 Å². The van der Waals surface area contributed by atoms with Gasteiger partial charge in [-0.05, 0) is 30.9 Å². The molecule has 0 unspecified atom stereocenters. The Morgan fingerprint density at radius 3 is 2.75 bits per heavy atom. The van der Waals surface area contributed by atoms with Gasteiger partial charge in [0.15, 0.2) is 0 Å². The first-order valence-corrected chi connectivity index (χ1v) is 8.03. The van der Waals surface area contributed by atoms with Crippen molar-refractivity contribution in [2.24, 2.45) is 5.92 Å². The maximum Gasteiger partial charge on any atom is 0.244 e. The number of nitriles is 1. The Morgan fingerprint density at radius 2 is 2.10 bits per heavy atom. The fourth-order valence-corrected chi connectivity index (χ4v) is 3.09. The number of rotatable bonds is 7. The Bertz CT molecular complexity index is 603. The normalized spacial score (nSPS) is 15.2. The molecule has 0 N–H and O–H groups in total. The lowest BCUT2D eigenvalue weighted by Crippen LogP contribution is -2.31. The van der Waals surface area contributed by atoms with Crippen LogP contribution in [0.3, 0.4) is 0 Å². The predicted molar refractivity (Wildman–Crippen MR) is 74.5 cm³/mol. The van der Waals surface area contributed by atoms with Crippen LogP contribution in [0.25, 0.3) is 0 Å². The van der Waals surface area contributed by atoms with Gasteiger partial charge in [-0.25, -0.2) is 8.42 Å². The average Bonchev–Trinajstić information content (AvgIpc) is 3.27. The molecule has 0 aliphatic heterocycles. The first-order chi connectivity index (χ1) is 9.55. The molecule has 1 aliphatic rings. The maximum absolute atomic E-state index is 12.4. The largest absolute Gasteiger partial charge is 0.380 e. The minimum Gasteiger partial charge on any atom is -0.380 e. The van der Waals surface area contributed by atoms with Gasteiger partial charge in [-0.15, -0.1) is 0 Å². The summed E-state index contributed by atoms with van der Waals surface area (Å²) in [6, 6.07) is 8.13. The molecular weight excluding hydrogens is 276 g/mol. The van der Waals surface area contributed by atoms with Crippen LogP contribution in [0.5, 0.6) is 0 Å². The molecular formula is C14H18N2O3S. The number of ether oxygens (including phenoxy) is 1. The van der Waals surface area contributed by atoms with Crippen molar-refractivity contribution in [3.05, 3.63) is 29.8 Å². The molecule has 108 valence electrons. The molecule has 0 radical (unpaired) electrons. The van der Waals surface area contributed by atoms with Gasteiger partial charge in [-0.2, -0.15) is 9.57 Å². The van der Waals surface area contributed by atoms with Crippen molar-refractivity contribution in [1.82, 2.24) is 4.31 Å². The summed E-state index contributed by atoms with van der Waals surface area (Å²) in [4.78, 5) is 0.0483. The molecule has 1 aromatic rings. The zero-order valence-electron chi connectivity index (χ0n) is 11.4. The van der Waals surface area contributed by atoms with Crippen LogP contribution in [0.4, 0.5) is 0 Å². The number of hydrogen-bond acceptors (Lipinski definition) is 4. The number of sulfonamides is 1. The van der Waals surface area contributed by atoms with Gasteiger partial charge in [-0.1, -0.05) is 12.1 Å². The van der Waals surface area contributed by atoms with Gasteiger partial charge in [0.05, 0.1) is 17.1 Å². The van der Waals surface area contributed by atoms with Crippen LogP contribution in [0.15, 0.2) is 29.2 Å². The van der Waals surface area contributed by atoms with Gasteiger partial charge in [0.25, 0.3) is 0 Å². The van der Waals surface area contributed by atoms with E-state index in [4.69, 9.17) is 10.00 Å². The van der Waals surface area contributed by atoms with Crippen LogP contribution >= 0.6 is 0 Å². The molecule has 1 saturated carbocycles. The summed E-state index contributed by atoms with van der Waals surface area (Å²) in [5.41, 5.74) is 0.165. The highest BCUT2D eigenvalue weighted by Gasteiger charge is 2.24. The van der Waals surface area contributed by atoms with Gasteiger partial charge in [0, 0.05) is 20.2 Å². The van der Waals surface area contributed by atoms with Crippen LogP contribution in [-0.4, -0.2) is 39.5 Å². The molecule has 5 nitrogen and oxygen atoms in total. The predicted octanol–water partition coefficient (Wildman–Crippen LogP) is 1.61. The third kappa shape index (κ3) is 3.57. The quantitative estimate of drug-likeness (QED) is 0.716. The highest BCUT2D eigenvalue weighted by molar-refractivity contribution is 7.89. The molecule has 0 atom stereocenters. The number of benzene rings is 1. The lowest BCUT2D eigenvalue weighted by Gasteiger charge is -2.17. The molecule has 1 fully saturated rings. The van der Waals surface area contributed by atoms with Crippen molar-refractivity contribution >= 4 is 10.0 Å². The van der Waals surface area contributed by atoms with Crippen LogP contribution < -0.4 is 0 Å². The topological polar surface area (TPSA) is 70.4 Å². The molecule has 1 aromatic carbocycles. The fourth-order valence-electron chi connectivity index (χ4n) is 1.80. The van der Waals surface area contributed by atoms with Crippen molar-refractivity contribution in [2.45, 2.75) is 17.7 Å². The standard InChI is InChI=1S/C14H18N2O3S/c1-16(8-9-19-11-12-6-7-12)20(17,18)14-5-3-2-4-13(14)10-15/h2-5,12H,6-9,11H2,1H3. The van der Waals surface area contributed by atoms with E-state index in [1.165, 1.54) is 36.3 Å². The van der Waals surface area contributed by atoms with Crippen LogP contribution in [0.1, 0.15) is 18.4 Å². The summed E-state index contributed by atoms with van der Waals surface area (Å²) in [5, 5.41) is 8.99. The van der Waals surface area contributed by atoms with E-state index in [-0.39, 0.29) is 17.0 Å². The van der Waals surface area contributed by atoms with Crippen molar-refractivity contribution in [1.29, 1.82) is 5.26 Å². The SMILES string of the molecule is CN(CCOCC1CC1)S(=O)(=O)c1ccccc1C#N. The summed E-state index contributed by atoms with van der Waals surface area (Å²) in [6.07, 6.45) is 2.42. The third-order valence-corrected chi connectivity index (χ3v) is 5.21. The Morgan fingerprint density at radius 1 is 1.40 bits per heavy atom. The van der Waals surface area contributed by atoms with Crippen molar-refractivity contribution < 1.29 is 13.2 Å². The second-order valence-electron chi connectivity index (χ2n) is 4.95. The van der Waals surface area contributed by atoms with E-state index in [1.807, 2.05) is 6.07 Å². The molecule has 0 spiro atoms. The van der Waals surface area contributed by atoms with Crippen molar-refractivity contribution in [3.8, 4) is 6.07 Å². The Hall–Kier alpha value is -1.42. The minimum atomic E-state index is -3.64. The summed E-state index contributed by atoms with van der Waals surface area (Å²) in [5.74, 6) is 0.663. The first-order valence-electron chi connectivity index (χ1n) is 6.59. The van der Waals surface area contributed by atoms with E-state index >= 15 is 0 Å². The summed E-state index contributed by atoms with van der Waals surface area (Å²) in [6.45, 7) is 1.37. The first kappa shape index (κ1) is 15.0. The molecule has 6 heteroatoms. The van der Waals surface area contributed by atoms with Crippen molar-refractivity contribution in [3.63, 3.8) is 0 Å². The zero-order valence-corrected chi connectivity index (χ0v) is 12.3. The third-order valence-electron chi connectivity index (χ3n) is 3.30. The second kappa shape index (κ2) is 6.35. The lowest BCUT2D eigenvalue weighted by molar-refractivity contribution is 0.117. The van der Waals surface area contributed by atoms with Crippen LogP contribution in [-0.2, 0) is 14.8 Å².